The maximum absolute atomic E-state index is 10.4. The van der Waals surface area contributed by atoms with Crippen molar-refractivity contribution in [3.63, 3.8) is 0 Å². The lowest BCUT2D eigenvalue weighted by atomic mass is 10.3. The van der Waals surface area contributed by atoms with Gasteiger partial charge < -0.3 is 0 Å². The number of carbonyl (C=O) groups is 1. The Hall–Kier alpha value is 0.110. The molecule has 0 amide bonds. The highest BCUT2D eigenvalue weighted by molar-refractivity contribution is 7.98. The third-order valence-electron chi connectivity index (χ3n) is 1.19. The first-order valence-electron chi connectivity index (χ1n) is 3.47. The van der Waals surface area contributed by atoms with Crippen LogP contribution in [-0.2, 0) is 4.79 Å². The van der Waals surface area contributed by atoms with Gasteiger partial charge in [-0.3, -0.25) is 4.79 Å². The summed E-state index contributed by atoms with van der Waals surface area (Å²) in [7, 11) is 0. The standard InChI is InChI=1S/C8H14OS2/c1-10-5-3-4-8(6-9)7-11-2/h4,6H,3,5,7H2,1-2H3/b8-4+. The highest BCUT2D eigenvalue weighted by Gasteiger charge is 1.91. The monoisotopic (exact) mass is 190 g/mol. The Kier molecular flexibility index (Phi) is 8.29. The number of thioether (sulfide) groups is 2. The van der Waals surface area contributed by atoms with E-state index in [1.165, 1.54) is 0 Å². The SMILES string of the molecule is CSCC/C=C(\C=O)CSC. The molecule has 0 aromatic carbocycles. The molecule has 0 aromatic heterocycles. The normalized spacial score (nSPS) is 11.6. The Labute approximate surface area is 77.0 Å². The van der Waals surface area contributed by atoms with Gasteiger partial charge in [0.25, 0.3) is 0 Å². The molecule has 0 radical (unpaired) electrons. The molecule has 0 saturated heterocycles. The van der Waals surface area contributed by atoms with Crippen molar-refractivity contribution in [1.29, 1.82) is 0 Å². The van der Waals surface area contributed by atoms with Crippen LogP contribution < -0.4 is 0 Å². The number of hydrogen-bond acceptors (Lipinski definition) is 3. The van der Waals surface area contributed by atoms with E-state index in [1.807, 2.05) is 12.3 Å². The van der Waals surface area contributed by atoms with E-state index in [0.717, 1.165) is 29.8 Å². The molecule has 3 heteroatoms. The Bertz CT molecular complexity index is 132. The number of allylic oxidation sites excluding steroid dienone is 1. The molecule has 1 nitrogen and oxygen atoms in total. The maximum atomic E-state index is 10.4. The van der Waals surface area contributed by atoms with E-state index in [2.05, 4.69) is 6.26 Å². The minimum atomic E-state index is 0.845. The predicted molar refractivity (Wildman–Crippen MR) is 55.5 cm³/mol. The van der Waals surface area contributed by atoms with Gasteiger partial charge in [-0.15, -0.1) is 0 Å². The molecule has 64 valence electrons. The van der Waals surface area contributed by atoms with Gasteiger partial charge in [0.1, 0.15) is 6.29 Å². The first-order valence-corrected chi connectivity index (χ1v) is 6.26. The molecular weight excluding hydrogens is 176 g/mol. The molecule has 0 rings (SSSR count). The van der Waals surface area contributed by atoms with Crippen LogP contribution in [0.5, 0.6) is 0 Å². The van der Waals surface area contributed by atoms with Gasteiger partial charge in [0.2, 0.25) is 0 Å². The zero-order chi connectivity index (χ0) is 8.53. The zero-order valence-corrected chi connectivity index (χ0v) is 8.63. The van der Waals surface area contributed by atoms with Crippen LogP contribution in [0.4, 0.5) is 0 Å². The molecule has 0 bridgehead atoms. The van der Waals surface area contributed by atoms with Crippen molar-refractivity contribution in [1.82, 2.24) is 0 Å². The summed E-state index contributed by atoms with van der Waals surface area (Å²) in [5.74, 6) is 1.95. The highest BCUT2D eigenvalue weighted by Crippen LogP contribution is 2.04. The third-order valence-corrected chi connectivity index (χ3v) is 2.46. The first kappa shape index (κ1) is 11.1. The number of aldehydes is 1. The maximum Gasteiger partial charge on any atom is 0.146 e. The number of rotatable bonds is 6. The van der Waals surface area contributed by atoms with E-state index in [9.17, 15) is 4.79 Å². The van der Waals surface area contributed by atoms with Gasteiger partial charge in [0, 0.05) is 5.75 Å². The van der Waals surface area contributed by atoms with Crippen molar-refractivity contribution >= 4 is 29.8 Å². The van der Waals surface area contributed by atoms with Crippen molar-refractivity contribution in [2.75, 3.05) is 24.0 Å². The lowest BCUT2D eigenvalue weighted by Crippen LogP contribution is -1.88. The summed E-state index contributed by atoms with van der Waals surface area (Å²) >= 11 is 3.49. The molecule has 0 unspecified atom stereocenters. The molecule has 0 aliphatic rings. The Morgan fingerprint density at radius 2 is 2.09 bits per heavy atom. The Balaban J connectivity index is 3.61. The minimum absolute atomic E-state index is 0.845. The van der Waals surface area contributed by atoms with Gasteiger partial charge in [0.15, 0.2) is 0 Å². The highest BCUT2D eigenvalue weighted by atomic mass is 32.2. The van der Waals surface area contributed by atoms with Gasteiger partial charge in [-0.2, -0.15) is 23.5 Å². The molecule has 0 heterocycles. The van der Waals surface area contributed by atoms with Gasteiger partial charge in [0.05, 0.1) is 0 Å². The summed E-state index contributed by atoms with van der Waals surface area (Å²) in [4.78, 5) is 10.4. The summed E-state index contributed by atoms with van der Waals surface area (Å²) in [6, 6.07) is 0. The molecule has 0 aromatic rings. The second-order valence-electron chi connectivity index (χ2n) is 2.11. The fraction of sp³-hybridized carbons (Fsp3) is 0.625. The summed E-state index contributed by atoms with van der Waals surface area (Å²) in [5.41, 5.74) is 0.923. The summed E-state index contributed by atoms with van der Waals surface area (Å²) < 4.78 is 0. The van der Waals surface area contributed by atoms with E-state index in [0.29, 0.717) is 0 Å². The average Bonchev–Trinajstić information content (AvgIpc) is 2.03. The molecule has 0 spiro atoms. The third kappa shape index (κ3) is 6.51. The first-order chi connectivity index (χ1) is 5.35. The van der Waals surface area contributed by atoms with Crippen LogP contribution in [0.15, 0.2) is 11.6 Å². The van der Waals surface area contributed by atoms with E-state index in [-0.39, 0.29) is 0 Å². The van der Waals surface area contributed by atoms with Gasteiger partial charge in [-0.05, 0) is 30.3 Å². The van der Waals surface area contributed by atoms with E-state index >= 15 is 0 Å². The molecule has 0 aliphatic heterocycles. The van der Waals surface area contributed by atoms with Crippen LogP contribution in [0.2, 0.25) is 0 Å². The van der Waals surface area contributed by atoms with Crippen LogP contribution in [0.25, 0.3) is 0 Å². The molecule has 0 atom stereocenters. The van der Waals surface area contributed by atoms with E-state index < -0.39 is 0 Å². The number of carbonyl (C=O) groups excluding carboxylic acids is 1. The summed E-state index contributed by atoms with van der Waals surface area (Å²) in [6.07, 6.45) is 8.07. The largest absolute Gasteiger partial charge is 0.298 e. The van der Waals surface area contributed by atoms with Gasteiger partial charge in [-0.1, -0.05) is 6.08 Å². The number of hydrogen-bond donors (Lipinski definition) is 0. The quantitative estimate of drug-likeness (QED) is 0.363. The topological polar surface area (TPSA) is 17.1 Å². The molecular formula is C8H14OS2. The van der Waals surface area contributed by atoms with Crippen molar-refractivity contribution < 1.29 is 4.79 Å². The Morgan fingerprint density at radius 1 is 1.36 bits per heavy atom. The lowest BCUT2D eigenvalue weighted by molar-refractivity contribution is -0.104. The summed E-state index contributed by atoms with van der Waals surface area (Å²) in [5, 5.41) is 0. The molecule has 11 heavy (non-hydrogen) atoms. The van der Waals surface area contributed by atoms with Crippen LogP contribution in [0.3, 0.4) is 0 Å². The van der Waals surface area contributed by atoms with Crippen molar-refractivity contribution in [3.8, 4) is 0 Å². The van der Waals surface area contributed by atoms with Crippen LogP contribution in [0.1, 0.15) is 6.42 Å². The second kappa shape index (κ2) is 8.21. The van der Waals surface area contributed by atoms with Crippen molar-refractivity contribution in [3.05, 3.63) is 11.6 Å². The Morgan fingerprint density at radius 3 is 2.55 bits per heavy atom. The second-order valence-corrected chi connectivity index (χ2v) is 3.96. The predicted octanol–water partition coefficient (Wildman–Crippen LogP) is 2.23. The van der Waals surface area contributed by atoms with E-state index in [4.69, 9.17) is 0 Å². The zero-order valence-electron chi connectivity index (χ0n) is 7.00. The van der Waals surface area contributed by atoms with Crippen LogP contribution in [0, 0.1) is 0 Å². The lowest BCUT2D eigenvalue weighted by Gasteiger charge is -1.95. The van der Waals surface area contributed by atoms with E-state index in [1.54, 1.807) is 23.5 Å². The molecule has 0 N–H and O–H groups in total. The van der Waals surface area contributed by atoms with Crippen LogP contribution >= 0.6 is 23.5 Å². The summed E-state index contributed by atoms with van der Waals surface area (Å²) in [6.45, 7) is 0. The van der Waals surface area contributed by atoms with Gasteiger partial charge >= 0.3 is 0 Å². The minimum Gasteiger partial charge on any atom is -0.298 e. The average molecular weight is 190 g/mol. The smallest absolute Gasteiger partial charge is 0.146 e. The van der Waals surface area contributed by atoms with Gasteiger partial charge in [-0.25, -0.2) is 0 Å². The van der Waals surface area contributed by atoms with Crippen molar-refractivity contribution in [2.24, 2.45) is 0 Å². The fourth-order valence-electron chi connectivity index (χ4n) is 0.670. The molecule has 0 aliphatic carbocycles. The van der Waals surface area contributed by atoms with Crippen molar-refractivity contribution in [2.45, 2.75) is 6.42 Å². The molecule has 0 saturated carbocycles. The molecule has 0 fully saturated rings. The van der Waals surface area contributed by atoms with Crippen LogP contribution in [-0.4, -0.2) is 30.3 Å². The fourth-order valence-corrected chi connectivity index (χ4v) is 1.54.